The lowest BCUT2D eigenvalue weighted by Crippen LogP contribution is -1.98. The van der Waals surface area contributed by atoms with Crippen LogP contribution in [0.3, 0.4) is 0 Å². The van der Waals surface area contributed by atoms with Crippen molar-refractivity contribution in [2.75, 3.05) is 12.8 Å². The highest BCUT2D eigenvalue weighted by Gasteiger charge is 2.14. The quantitative estimate of drug-likeness (QED) is 0.808. The predicted octanol–water partition coefficient (Wildman–Crippen LogP) is 1.59. The van der Waals surface area contributed by atoms with E-state index in [-0.39, 0.29) is 5.56 Å². The van der Waals surface area contributed by atoms with Crippen LogP contribution in [0.15, 0.2) is 12.1 Å². The summed E-state index contributed by atoms with van der Waals surface area (Å²) < 4.78 is 5.71. The topological polar surface area (TPSA) is 85.4 Å². The average molecular weight is 224 g/mol. The first-order valence-corrected chi connectivity index (χ1v) is 4.91. The Balaban J connectivity index is 2.79. The number of benzene rings is 1. The van der Waals surface area contributed by atoms with E-state index in [1.54, 1.807) is 6.07 Å². The zero-order valence-corrected chi connectivity index (χ0v) is 8.67. The van der Waals surface area contributed by atoms with Crippen molar-refractivity contribution in [3.63, 3.8) is 0 Å². The summed E-state index contributed by atoms with van der Waals surface area (Å²) in [5.74, 6) is -0.548. The van der Waals surface area contributed by atoms with Gasteiger partial charge in [-0.1, -0.05) is 11.3 Å². The second kappa shape index (κ2) is 3.39. The number of anilines is 1. The number of aromatic carboxylic acids is 1. The Morgan fingerprint density at radius 3 is 2.93 bits per heavy atom. The maximum atomic E-state index is 11.0. The molecule has 0 amide bonds. The molecule has 0 saturated heterocycles. The Morgan fingerprint density at radius 2 is 2.33 bits per heavy atom. The fourth-order valence-corrected chi connectivity index (χ4v) is 2.09. The van der Waals surface area contributed by atoms with Crippen LogP contribution in [0.5, 0.6) is 5.75 Å². The highest BCUT2D eigenvalue weighted by atomic mass is 32.1. The van der Waals surface area contributed by atoms with Gasteiger partial charge in [0.2, 0.25) is 0 Å². The van der Waals surface area contributed by atoms with Gasteiger partial charge in [-0.05, 0) is 12.1 Å². The van der Waals surface area contributed by atoms with Gasteiger partial charge in [0, 0.05) is 0 Å². The molecule has 15 heavy (non-hydrogen) atoms. The SMILES string of the molecule is COc1cc(C(=O)O)c2nc(N)sc2c1. The van der Waals surface area contributed by atoms with Crippen LogP contribution in [0, 0.1) is 0 Å². The highest BCUT2D eigenvalue weighted by Crippen LogP contribution is 2.30. The lowest BCUT2D eigenvalue weighted by molar-refractivity contribution is 0.0698. The number of nitrogens with zero attached hydrogens (tertiary/aromatic N) is 1. The molecular formula is C9H8N2O3S. The number of rotatable bonds is 2. The summed E-state index contributed by atoms with van der Waals surface area (Å²) in [6.45, 7) is 0. The molecule has 0 aliphatic carbocycles. The first kappa shape index (κ1) is 9.72. The van der Waals surface area contributed by atoms with Crippen LogP contribution in [-0.2, 0) is 0 Å². The van der Waals surface area contributed by atoms with Crippen LogP contribution in [0.25, 0.3) is 10.2 Å². The van der Waals surface area contributed by atoms with Crippen molar-refractivity contribution in [1.29, 1.82) is 0 Å². The largest absolute Gasteiger partial charge is 0.497 e. The third-order valence-electron chi connectivity index (χ3n) is 1.95. The number of fused-ring (bicyclic) bond motifs is 1. The molecule has 0 unspecified atom stereocenters. The minimum Gasteiger partial charge on any atom is -0.497 e. The van der Waals surface area contributed by atoms with E-state index in [0.717, 1.165) is 0 Å². The lowest BCUT2D eigenvalue weighted by Gasteiger charge is -2.01. The zero-order chi connectivity index (χ0) is 11.0. The molecule has 0 fully saturated rings. The fraction of sp³-hybridized carbons (Fsp3) is 0.111. The molecule has 78 valence electrons. The number of carboxylic acids is 1. The molecule has 0 aliphatic heterocycles. The molecule has 2 rings (SSSR count). The van der Waals surface area contributed by atoms with E-state index in [1.165, 1.54) is 24.5 Å². The van der Waals surface area contributed by atoms with Crippen molar-refractivity contribution in [3.05, 3.63) is 17.7 Å². The molecule has 3 N–H and O–H groups in total. The molecule has 0 atom stereocenters. The summed E-state index contributed by atoms with van der Waals surface area (Å²) in [5, 5.41) is 9.33. The van der Waals surface area contributed by atoms with Gasteiger partial charge in [-0.15, -0.1) is 0 Å². The van der Waals surface area contributed by atoms with Gasteiger partial charge in [-0.25, -0.2) is 9.78 Å². The maximum absolute atomic E-state index is 11.0. The van der Waals surface area contributed by atoms with Crippen molar-refractivity contribution in [1.82, 2.24) is 4.98 Å². The summed E-state index contributed by atoms with van der Waals surface area (Å²) in [6.07, 6.45) is 0. The number of thiazole rings is 1. The van der Waals surface area contributed by atoms with Gasteiger partial charge in [-0.3, -0.25) is 0 Å². The Kier molecular flexibility index (Phi) is 2.20. The molecule has 0 radical (unpaired) electrons. The zero-order valence-electron chi connectivity index (χ0n) is 7.85. The molecule has 2 aromatic rings. The van der Waals surface area contributed by atoms with E-state index in [2.05, 4.69) is 4.98 Å². The Labute approximate surface area is 89.1 Å². The van der Waals surface area contributed by atoms with E-state index in [0.29, 0.717) is 21.1 Å². The number of hydrogen-bond acceptors (Lipinski definition) is 5. The predicted molar refractivity (Wildman–Crippen MR) is 57.5 cm³/mol. The third kappa shape index (κ3) is 1.59. The van der Waals surface area contributed by atoms with E-state index in [4.69, 9.17) is 15.6 Å². The van der Waals surface area contributed by atoms with Crippen molar-refractivity contribution >= 4 is 32.7 Å². The van der Waals surface area contributed by atoms with Crippen LogP contribution < -0.4 is 10.5 Å². The number of aromatic nitrogens is 1. The van der Waals surface area contributed by atoms with Gasteiger partial charge in [0.25, 0.3) is 0 Å². The summed E-state index contributed by atoms with van der Waals surface area (Å²) in [6, 6.07) is 3.15. The van der Waals surface area contributed by atoms with Crippen molar-refractivity contribution in [3.8, 4) is 5.75 Å². The first-order chi connectivity index (χ1) is 7.11. The summed E-state index contributed by atoms with van der Waals surface area (Å²) >= 11 is 1.24. The number of hydrogen-bond donors (Lipinski definition) is 2. The summed E-state index contributed by atoms with van der Waals surface area (Å²) in [4.78, 5) is 14.9. The average Bonchev–Trinajstić information content (AvgIpc) is 2.55. The fourth-order valence-electron chi connectivity index (χ4n) is 1.30. The van der Waals surface area contributed by atoms with Crippen LogP contribution in [0.2, 0.25) is 0 Å². The van der Waals surface area contributed by atoms with Gasteiger partial charge < -0.3 is 15.6 Å². The molecule has 0 saturated carbocycles. The Bertz CT molecular complexity index is 535. The molecule has 0 aliphatic rings. The second-order valence-corrected chi connectivity index (χ2v) is 3.94. The molecule has 6 heteroatoms. The molecular weight excluding hydrogens is 216 g/mol. The number of ether oxygens (including phenoxy) is 1. The summed E-state index contributed by atoms with van der Waals surface area (Å²) in [7, 11) is 1.48. The maximum Gasteiger partial charge on any atom is 0.338 e. The first-order valence-electron chi connectivity index (χ1n) is 4.09. The molecule has 1 aromatic carbocycles. The summed E-state index contributed by atoms with van der Waals surface area (Å²) in [5.41, 5.74) is 6.04. The van der Waals surface area contributed by atoms with Gasteiger partial charge in [0.15, 0.2) is 5.13 Å². The van der Waals surface area contributed by atoms with Gasteiger partial charge >= 0.3 is 5.97 Å². The van der Waals surface area contributed by atoms with E-state index < -0.39 is 5.97 Å². The van der Waals surface area contributed by atoms with Crippen molar-refractivity contribution in [2.24, 2.45) is 0 Å². The van der Waals surface area contributed by atoms with E-state index in [1.807, 2.05) is 0 Å². The standard InChI is InChI=1S/C9H8N2O3S/c1-14-4-2-5(8(12)13)7-6(3-4)15-9(10)11-7/h2-3H,1H3,(H2,10,11)(H,12,13). The van der Waals surface area contributed by atoms with Crippen LogP contribution >= 0.6 is 11.3 Å². The highest BCUT2D eigenvalue weighted by molar-refractivity contribution is 7.22. The third-order valence-corrected chi connectivity index (χ3v) is 2.78. The van der Waals surface area contributed by atoms with Gasteiger partial charge in [0.05, 0.1) is 22.9 Å². The van der Waals surface area contributed by atoms with Gasteiger partial charge in [0.1, 0.15) is 5.75 Å². The molecule has 0 spiro atoms. The number of methoxy groups -OCH3 is 1. The monoisotopic (exact) mass is 224 g/mol. The van der Waals surface area contributed by atoms with Gasteiger partial charge in [-0.2, -0.15) is 0 Å². The molecule has 1 aromatic heterocycles. The van der Waals surface area contributed by atoms with Crippen molar-refractivity contribution in [2.45, 2.75) is 0 Å². The Morgan fingerprint density at radius 1 is 1.60 bits per heavy atom. The molecule has 1 heterocycles. The van der Waals surface area contributed by atoms with Crippen LogP contribution in [0.1, 0.15) is 10.4 Å². The minimum atomic E-state index is -1.04. The number of carbonyl (C=O) groups is 1. The van der Waals surface area contributed by atoms with Crippen LogP contribution in [-0.4, -0.2) is 23.2 Å². The minimum absolute atomic E-state index is 0.109. The van der Waals surface area contributed by atoms with E-state index >= 15 is 0 Å². The Hall–Kier alpha value is -1.82. The smallest absolute Gasteiger partial charge is 0.338 e. The molecule has 5 nitrogen and oxygen atoms in total. The lowest BCUT2D eigenvalue weighted by atomic mass is 10.2. The molecule has 0 bridgehead atoms. The van der Waals surface area contributed by atoms with E-state index in [9.17, 15) is 4.79 Å². The number of carboxylic acid groups (broad SMARTS) is 1. The van der Waals surface area contributed by atoms with Crippen LogP contribution in [0.4, 0.5) is 5.13 Å². The normalized spacial score (nSPS) is 10.5. The second-order valence-electron chi connectivity index (χ2n) is 2.88. The number of nitrogens with two attached hydrogens (primary N) is 1. The van der Waals surface area contributed by atoms with Crippen molar-refractivity contribution < 1.29 is 14.6 Å². The number of nitrogen functional groups attached to an aromatic ring is 1.